The van der Waals surface area contributed by atoms with Crippen LogP contribution < -0.4 is 10.0 Å². The van der Waals surface area contributed by atoms with E-state index in [0.29, 0.717) is 10.9 Å². The zero-order valence-electron chi connectivity index (χ0n) is 17.3. The maximum Gasteiger partial charge on any atom is 0.337 e. The van der Waals surface area contributed by atoms with Crippen molar-refractivity contribution in [2.24, 2.45) is 0 Å². The van der Waals surface area contributed by atoms with Crippen LogP contribution in [-0.2, 0) is 15.8 Å². The molecule has 0 aliphatic heterocycles. The van der Waals surface area contributed by atoms with Crippen molar-refractivity contribution in [3.05, 3.63) is 89.2 Å². The highest BCUT2D eigenvalue weighted by molar-refractivity contribution is 7.91. The molecule has 1 amide bonds. The Hall–Kier alpha value is -4.69. The lowest BCUT2D eigenvalue weighted by molar-refractivity contribution is 0.0698. The van der Waals surface area contributed by atoms with Gasteiger partial charge >= 0.3 is 5.97 Å². The van der Waals surface area contributed by atoms with Gasteiger partial charge in [-0.1, -0.05) is 35.5 Å². The van der Waals surface area contributed by atoms with E-state index in [1.807, 2.05) is 6.07 Å². The van der Waals surface area contributed by atoms with Gasteiger partial charge in [0, 0.05) is 0 Å². The van der Waals surface area contributed by atoms with Gasteiger partial charge in [-0.3, -0.25) is 9.52 Å². The smallest absolute Gasteiger partial charge is 0.337 e. The van der Waals surface area contributed by atoms with E-state index in [1.54, 1.807) is 30.3 Å². The minimum Gasteiger partial charge on any atom is -0.478 e. The molecule has 0 aliphatic rings. The normalized spacial score (nSPS) is 11.0. The van der Waals surface area contributed by atoms with Crippen LogP contribution in [0.5, 0.6) is 0 Å². The second-order valence-electron chi connectivity index (χ2n) is 7.22. The van der Waals surface area contributed by atoms with E-state index in [-0.39, 0.29) is 39.5 Å². The third-order valence-electron chi connectivity index (χ3n) is 4.78. The first-order valence-corrected chi connectivity index (χ1v) is 11.4. The Morgan fingerprint density at radius 3 is 2.53 bits per heavy atom. The van der Waals surface area contributed by atoms with E-state index in [1.165, 1.54) is 30.3 Å². The minimum absolute atomic E-state index is 0.0219. The summed E-state index contributed by atoms with van der Waals surface area (Å²) in [6, 6.07) is 18.7. The number of benzene rings is 3. The van der Waals surface area contributed by atoms with Gasteiger partial charge in [-0.15, -0.1) is 0 Å². The summed E-state index contributed by atoms with van der Waals surface area (Å²) in [5.74, 6) is -2.47. The fourth-order valence-corrected chi connectivity index (χ4v) is 4.45. The number of aromatic nitrogens is 1. The van der Waals surface area contributed by atoms with E-state index in [9.17, 15) is 23.1 Å². The molecule has 170 valence electrons. The Bertz CT molecular complexity index is 1560. The van der Waals surface area contributed by atoms with Crippen LogP contribution in [0.4, 0.5) is 11.4 Å². The second kappa shape index (κ2) is 9.05. The summed E-state index contributed by atoms with van der Waals surface area (Å²) in [7, 11) is -3.69. The molecule has 11 heteroatoms. The number of nitriles is 1. The standard InChI is InChI=1S/C23H16N4O6S/c24-12-15-6-9-19(18(10-15)23(29)30)25-22(28)21-17-8-7-16(11-20(17)26-33-21)27-34(31,32)13-14-4-2-1-3-5-14/h1-11,27H,13H2,(H,25,28)(H,29,30). The van der Waals surface area contributed by atoms with Gasteiger partial charge in [-0.25, -0.2) is 13.2 Å². The van der Waals surface area contributed by atoms with E-state index >= 15 is 0 Å². The van der Waals surface area contributed by atoms with E-state index < -0.39 is 21.9 Å². The van der Waals surface area contributed by atoms with Crippen molar-refractivity contribution in [3.8, 4) is 6.07 Å². The number of nitrogens with one attached hydrogen (secondary N) is 2. The van der Waals surface area contributed by atoms with Crippen LogP contribution in [0.15, 0.2) is 71.3 Å². The molecule has 0 saturated heterocycles. The van der Waals surface area contributed by atoms with Crippen LogP contribution in [0.3, 0.4) is 0 Å². The Balaban J connectivity index is 1.55. The third kappa shape index (κ3) is 4.87. The fourth-order valence-electron chi connectivity index (χ4n) is 3.26. The van der Waals surface area contributed by atoms with Crippen molar-refractivity contribution in [2.45, 2.75) is 5.75 Å². The van der Waals surface area contributed by atoms with Crippen molar-refractivity contribution in [3.63, 3.8) is 0 Å². The lowest BCUT2D eigenvalue weighted by atomic mass is 10.1. The average Bonchev–Trinajstić information content (AvgIpc) is 3.22. The number of carbonyl (C=O) groups excluding carboxylic acids is 1. The van der Waals surface area contributed by atoms with Gasteiger partial charge in [0.25, 0.3) is 5.91 Å². The predicted molar refractivity (Wildman–Crippen MR) is 123 cm³/mol. The molecule has 0 fully saturated rings. The minimum atomic E-state index is -3.69. The first kappa shape index (κ1) is 22.5. The van der Waals surface area contributed by atoms with Crippen molar-refractivity contribution in [1.82, 2.24) is 5.16 Å². The van der Waals surface area contributed by atoms with Crippen LogP contribution in [0.2, 0.25) is 0 Å². The molecule has 0 aliphatic carbocycles. The predicted octanol–water partition coefficient (Wildman–Crippen LogP) is 3.59. The van der Waals surface area contributed by atoms with Crippen LogP contribution in [-0.4, -0.2) is 30.6 Å². The number of amides is 1. The summed E-state index contributed by atoms with van der Waals surface area (Å²) in [4.78, 5) is 24.2. The molecule has 0 spiro atoms. The number of carbonyl (C=O) groups is 2. The van der Waals surface area contributed by atoms with E-state index in [2.05, 4.69) is 15.2 Å². The molecule has 34 heavy (non-hydrogen) atoms. The van der Waals surface area contributed by atoms with Crippen molar-refractivity contribution < 1.29 is 27.6 Å². The molecule has 0 bridgehead atoms. The molecule has 10 nitrogen and oxygen atoms in total. The first-order valence-electron chi connectivity index (χ1n) is 9.78. The number of aromatic carboxylic acids is 1. The Kier molecular flexibility index (Phi) is 5.99. The molecule has 4 aromatic rings. The molecule has 3 N–H and O–H groups in total. The number of sulfonamides is 1. The molecule has 4 rings (SSSR count). The summed E-state index contributed by atoms with van der Waals surface area (Å²) in [6.07, 6.45) is 0. The van der Waals surface area contributed by atoms with Gasteiger partial charge in [0.05, 0.1) is 39.7 Å². The molecule has 0 unspecified atom stereocenters. The lowest BCUT2D eigenvalue weighted by Crippen LogP contribution is -2.15. The highest BCUT2D eigenvalue weighted by atomic mass is 32.2. The van der Waals surface area contributed by atoms with Crippen molar-refractivity contribution >= 4 is 44.2 Å². The van der Waals surface area contributed by atoms with Gasteiger partial charge in [-0.2, -0.15) is 5.26 Å². The first-order chi connectivity index (χ1) is 16.3. The molecule has 0 radical (unpaired) electrons. The molecular weight excluding hydrogens is 460 g/mol. The highest BCUT2D eigenvalue weighted by Crippen LogP contribution is 2.25. The number of nitrogens with zero attached hydrogens (tertiary/aromatic N) is 2. The summed E-state index contributed by atoms with van der Waals surface area (Å²) in [5.41, 5.74) is 0.938. The van der Waals surface area contributed by atoms with Crippen LogP contribution in [0, 0.1) is 11.3 Å². The zero-order chi connectivity index (χ0) is 24.3. The number of hydrogen-bond acceptors (Lipinski definition) is 7. The number of carboxylic acid groups (broad SMARTS) is 1. The molecule has 0 saturated carbocycles. The largest absolute Gasteiger partial charge is 0.478 e. The third-order valence-corrected chi connectivity index (χ3v) is 6.04. The summed E-state index contributed by atoms with van der Waals surface area (Å²) < 4.78 is 32.5. The summed E-state index contributed by atoms with van der Waals surface area (Å²) in [5, 5.41) is 24.9. The maximum atomic E-state index is 12.7. The molecule has 3 aromatic carbocycles. The Morgan fingerprint density at radius 1 is 1.06 bits per heavy atom. The average molecular weight is 476 g/mol. The quantitative estimate of drug-likeness (QED) is 0.364. The Morgan fingerprint density at radius 2 is 1.82 bits per heavy atom. The second-order valence-corrected chi connectivity index (χ2v) is 8.94. The molecular formula is C23H16N4O6S. The zero-order valence-corrected chi connectivity index (χ0v) is 18.2. The highest BCUT2D eigenvalue weighted by Gasteiger charge is 2.21. The molecule has 1 aromatic heterocycles. The van der Waals surface area contributed by atoms with E-state index in [4.69, 9.17) is 9.78 Å². The van der Waals surface area contributed by atoms with Crippen molar-refractivity contribution in [2.75, 3.05) is 10.0 Å². The van der Waals surface area contributed by atoms with Crippen LogP contribution >= 0.6 is 0 Å². The van der Waals surface area contributed by atoms with Gasteiger partial charge < -0.3 is 14.9 Å². The van der Waals surface area contributed by atoms with E-state index in [0.717, 1.165) is 6.07 Å². The summed E-state index contributed by atoms with van der Waals surface area (Å²) >= 11 is 0. The SMILES string of the molecule is N#Cc1ccc(NC(=O)c2onc3cc(NS(=O)(=O)Cc4ccccc4)ccc23)c(C(=O)O)c1. The van der Waals surface area contributed by atoms with Gasteiger partial charge in [0.1, 0.15) is 5.52 Å². The Labute approximate surface area is 193 Å². The molecule has 0 atom stereocenters. The van der Waals surface area contributed by atoms with Crippen molar-refractivity contribution in [1.29, 1.82) is 5.26 Å². The topological polar surface area (TPSA) is 162 Å². The maximum absolute atomic E-state index is 12.7. The van der Waals surface area contributed by atoms with Gasteiger partial charge in [0.15, 0.2) is 0 Å². The fraction of sp³-hybridized carbons (Fsp3) is 0.0435. The number of anilines is 2. The molecule has 1 heterocycles. The number of fused-ring (bicyclic) bond motifs is 1. The number of hydrogen-bond donors (Lipinski definition) is 3. The van der Waals surface area contributed by atoms with Crippen LogP contribution in [0.1, 0.15) is 32.0 Å². The number of rotatable bonds is 7. The van der Waals surface area contributed by atoms with Gasteiger partial charge in [-0.05, 0) is 42.0 Å². The lowest BCUT2D eigenvalue weighted by Gasteiger charge is -2.08. The number of carboxylic acids is 1. The monoisotopic (exact) mass is 476 g/mol. The van der Waals surface area contributed by atoms with Gasteiger partial charge in [0.2, 0.25) is 15.8 Å². The van der Waals surface area contributed by atoms with Crippen LogP contribution in [0.25, 0.3) is 10.9 Å². The summed E-state index contributed by atoms with van der Waals surface area (Å²) in [6.45, 7) is 0.